The van der Waals surface area contributed by atoms with Crippen LogP contribution in [-0.4, -0.2) is 38.9 Å². The van der Waals surface area contributed by atoms with Gasteiger partial charge in [-0.3, -0.25) is 9.10 Å². The molecule has 8 heteroatoms. The molecule has 1 amide bonds. The van der Waals surface area contributed by atoms with Crippen LogP contribution in [0.4, 0.5) is 5.69 Å². The third kappa shape index (κ3) is 4.38. The fraction of sp³-hybridized carbons (Fsp3) is 0.269. The lowest BCUT2D eigenvalue weighted by atomic mass is 10.00. The SMILES string of the molecule is O=C(COc1ccc(S(=O)(=O)N2CCCc3ccccc32)cc1Cl)N1CCc2ccccc2C1. The molecule has 34 heavy (non-hydrogen) atoms. The number of sulfonamides is 1. The molecule has 2 aliphatic rings. The van der Waals surface area contributed by atoms with Crippen LogP contribution in [0.3, 0.4) is 0 Å². The number of carbonyl (C=O) groups is 1. The molecule has 3 aromatic rings. The van der Waals surface area contributed by atoms with Crippen LogP contribution >= 0.6 is 11.6 Å². The quantitative estimate of drug-likeness (QED) is 0.523. The molecule has 6 nitrogen and oxygen atoms in total. The maximum atomic E-state index is 13.4. The van der Waals surface area contributed by atoms with Gasteiger partial charge in [-0.15, -0.1) is 0 Å². The first kappa shape index (κ1) is 22.7. The van der Waals surface area contributed by atoms with E-state index in [0.29, 0.717) is 25.3 Å². The van der Waals surface area contributed by atoms with Crippen LogP contribution < -0.4 is 9.04 Å². The molecule has 0 aromatic heterocycles. The van der Waals surface area contributed by atoms with Crippen molar-refractivity contribution in [3.8, 4) is 5.75 Å². The van der Waals surface area contributed by atoms with Crippen molar-refractivity contribution in [1.82, 2.24) is 4.90 Å². The summed E-state index contributed by atoms with van der Waals surface area (Å²) in [5, 5.41) is 0.156. The summed E-state index contributed by atoms with van der Waals surface area (Å²) < 4.78 is 33.8. The van der Waals surface area contributed by atoms with Gasteiger partial charge in [0.05, 0.1) is 15.6 Å². The predicted octanol–water partition coefficient (Wildman–Crippen LogP) is 4.45. The van der Waals surface area contributed by atoms with Crippen LogP contribution in [0.25, 0.3) is 0 Å². The topological polar surface area (TPSA) is 66.9 Å². The monoisotopic (exact) mass is 496 g/mol. The number of hydrogen-bond acceptors (Lipinski definition) is 4. The van der Waals surface area contributed by atoms with Gasteiger partial charge >= 0.3 is 0 Å². The zero-order valence-corrected chi connectivity index (χ0v) is 20.2. The lowest BCUT2D eigenvalue weighted by molar-refractivity contribution is -0.134. The summed E-state index contributed by atoms with van der Waals surface area (Å²) in [7, 11) is -3.77. The molecule has 2 heterocycles. The molecular weight excluding hydrogens is 472 g/mol. The van der Waals surface area contributed by atoms with Gasteiger partial charge in [0.15, 0.2) is 6.61 Å². The highest BCUT2D eigenvalue weighted by Crippen LogP contribution is 2.34. The van der Waals surface area contributed by atoms with Gasteiger partial charge in [0.2, 0.25) is 0 Å². The number of aryl methyl sites for hydroxylation is 1. The van der Waals surface area contributed by atoms with Crippen LogP contribution in [0, 0.1) is 0 Å². The summed E-state index contributed by atoms with van der Waals surface area (Å²) in [5.74, 6) is 0.151. The van der Waals surface area contributed by atoms with Gasteiger partial charge in [-0.25, -0.2) is 8.42 Å². The number of amides is 1. The predicted molar refractivity (Wildman–Crippen MR) is 132 cm³/mol. The average molecular weight is 497 g/mol. The Kier molecular flexibility index (Phi) is 6.23. The van der Waals surface area contributed by atoms with E-state index in [1.807, 2.05) is 42.5 Å². The fourth-order valence-corrected chi connectivity index (χ4v) is 6.44. The lowest BCUT2D eigenvalue weighted by Crippen LogP contribution is -2.38. The number of fused-ring (bicyclic) bond motifs is 2. The normalized spacial score (nSPS) is 15.4. The molecule has 3 aromatic carbocycles. The largest absolute Gasteiger partial charge is 0.482 e. The van der Waals surface area contributed by atoms with Crippen molar-refractivity contribution >= 4 is 33.2 Å². The van der Waals surface area contributed by atoms with Crippen LogP contribution in [0.1, 0.15) is 23.1 Å². The van der Waals surface area contributed by atoms with Crippen LogP contribution in [-0.2, 0) is 34.2 Å². The first-order valence-electron chi connectivity index (χ1n) is 11.3. The van der Waals surface area contributed by atoms with E-state index in [-0.39, 0.29) is 28.2 Å². The van der Waals surface area contributed by atoms with E-state index in [1.54, 1.807) is 4.90 Å². The minimum atomic E-state index is -3.77. The number of benzene rings is 3. The van der Waals surface area contributed by atoms with Gasteiger partial charge in [-0.05, 0) is 60.2 Å². The number of anilines is 1. The second-order valence-electron chi connectivity index (χ2n) is 8.52. The molecule has 0 spiro atoms. The summed E-state index contributed by atoms with van der Waals surface area (Å²) >= 11 is 6.38. The van der Waals surface area contributed by atoms with Crippen molar-refractivity contribution in [2.24, 2.45) is 0 Å². The maximum Gasteiger partial charge on any atom is 0.264 e. The Hall–Kier alpha value is -3.03. The molecule has 5 rings (SSSR count). The molecule has 176 valence electrons. The van der Waals surface area contributed by atoms with Gasteiger partial charge in [0.25, 0.3) is 15.9 Å². The Morgan fingerprint density at radius 3 is 2.44 bits per heavy atom. The summed E-state index contributed by atoms with van der Waals surface area (Å²) in [6.45, 7) is 1.46. The van der Waals surface area contributed by atoms with Crippen LogP contribution in [0.5, 0.6) is 5.75 Å². The van der Waals surface area contributed by atoms with E-state index in [2.05, 4.69) is 6.07 Å². The third-order valence-electron chi connectivity index (χ3n) is 6.39. The molecule has 0 bridgehead atoms. The number of nitrogens with zero attached hydrogens (tertiary/aromatic N) is 2. The Labute approximate surface area is 204 Å². The van der Waals surface area contributed by atoms with Crippen molar-refractivity contribution < 1.29 is 17.9 Å². The van der Waals surface area contributed by atoms with Gasteiger partial charge < -0.3 is 9.64 Å². The zero-order valence-electron chi connectivity index (χ0n) is 18.6. The lowest BCUT2D eigenvalue weighted by Gasteiger charge is -2.30. The van der Waals surface area contributed by atoms with Gasteiger partial charge in [-0.1, -0.05) is 54.1 Å². The number of halogens is 1. The Balaban J connectivity index is 1.28. The molecule has 0 unspecified atom stereocenters. The summed E-state index contributed by atoms with van der Waals surface area (Å²) in [6.07, 6.45) is 2.43. The highest BCUT2D eigenvalue weighted by atomic mass is 35.5. The van der Waals surface area contributed by atoms with Gasteiger partial charge in [-0.2, -0.15) is 0 Å². The van der Waals surface area contributed by atoms with Crippen LogP contribution in [0.15, 0.2) is 71.6 Å². The third-order valence-corrected chi connectivity index (χ3v) is 8.50. The Morgan fingerprint density at radius 2 is 1.65 bits per heavy atom. The van der Waals surface area contributed by atoms with E-state index in [4.69, 9.17) is 16.3 Å². The Bertz CT molecular complexity index is 1340. The maximum absolute atomic E-state index is 13.4. The first-order chi connectivity index (χ1) is 16.4. The molecule has 2 aliphatic heterocycles. The first-order valence-corrected chi connectivity index (χ1v) is 13.1. The minimum absolute atomic E-state index is 0.0977. The standard InChI is InChI=1S/C26H25ClN2O4S/c27-23-16-22(34(31,32)29-14-5-9-20-7-3-4-10-24(20)29)11-12-25(23)33-18-26(30)28-15-13-19-6-1-2-8-21(19)17-28/h1-4,6-8,10-12,16H,5,9,13-15,17-18H2. The Morgan fingerprint density at radius 1 is 0.912 bits per heavy atom. The van der Waals surface area contributed by atoms with Crippen molar-refractivity contribution in [3.63, 3.8) is 0 Å². The van der Waals surface area contributed by atoms with E-state index < -0.39 is 10.0 Å². The number of rotatable bonds is 5. The highest BCUT2D eigenvalue weighted by molar-refractivity contribution is 7.92. The van der Waals surface area contributed by atoms with Crippen molar-refractivity contribution in [3.05, 3.63) is 88.4 Å². The van der Waals surface area contributed by atoms with Crippen LogP contribution in [0.2, 0.25) is 5.02 Å². The van der Waals surface area contributed by atoms with E-state index in [1.165, 1.54) is 28.1 Å². The second-order valence-corrected chi connectivity index (χ2v) is 10.8. The minimum Gasteiger partial charge on any atom is -0.482 e. The van der Waals surface area contributed by atoms with E-state index in [0.717, 1.165) is 30.4 Å². The van der Waals surface area contributed by atoms with Gasteiger partial charge in [0.1, 0.15) is 5.75 Å². The molecule has 0 fully saturated rings. The molecule has 0 saturated heterocycles. The molecule has 0 saturated carbocycles. The average Bonchev–Trinajstić information content (AvgIpc) is 2.87. The zero-order chi connectivity index (χ0) is 23.7. The van der Waals surface area contributed by atoms with E-state index >= 15 is 0 Å². The molecule has 0 aliphatic carbocycles. The number of carbonyl (C=O) groups excluding carboxylic acids is 1. The van der Waals surface area contributed by atoms with Gasteiger partial charge in [0, 0.05) is 19.6 Å². The van der Waals surface area contributed by atoms with Crippen molar-refractivity contribution in [2.45, 2.75) is 30.7 Å². The fourth-order valence-electron chi connectivity index (χ4n) is 4.57. The molecular formula is C26H25ClN2O4S. The molecule has 0 radical (unpaired) electrons. The highest BCUT2D eigenvalue weighted by Gasteiger charge is 2.29. The smallest absolute Gasteiger partial charge is 0.264 e. The summed E-state index contributed by atoms with van der Waals surface area (Å²) in [6, 6.07) is 20.0. The van der Waals surface area contributed by atoms with Crippen molar-refractivity contribution in [2.75, 3.05) is 24.0 Å². The molecule has 0 N–H and O–H groups in total. The number of para-hydroxylation sites is 1. The van der Waals surface area contributed by atoms with E-state index in [9.17, 15) is 13.2 Å². The summed E-state index contributed by atoms with van der Waals surface area (Å²) in [5.41, 5.74) is 4.14. The second kappa shape index (κ2) is 9.31. The molecule has 0 atom stereocenters. The number of ether oxygens (including phenoxy) is 1. The number of hydrogen-bond donors (Lipinski definition) is 0. The summed E-state index contributed by atoms with van der Waals surface area (Å²) in [4.78, 5) is 14.6. The van der Waals surface area contributed by atoms with Crippen molar-refractivity contribution in [1.29, 1.82) is 0 Å².